The van der Waals surface area contributed by atoms with E-state index in [2.05, 4.69) is 10.3 Å². The number of halogens is 2. The van der Waals surface area contributed by atoms with Crippen LogP contribution in [0.4, 0.5) is 4.39 Å². The van der Waals surface area contributed by atoms with Gasteiger partial charge in [0.2, 0.25) is 5.91 Å². The number of thiophene rings is 1. The second-order valence-electron chi connectivity index (χ2n) is 9.06. The van der Waals surface area contributed by atoms with Gasteiger partial charge in [-0.1, -0.05) is 19.3 Å². The molecular weight excluding hydrogens is 481 g/mol. The van der Waals surface area contributed by atoms with Crippen molar-refractivity contribution in [1.29, 1.82) is 0 Å². The first-order chi connectivity index (χ1) is 16.4. The van der Waals surface area contributed by atoms with E-state index in [-0.39, 0.29) is 36.7 Å². The molecule has 1 saturated carbocycles. The highest BCUT2D eigenvalue weighted by molar-refractivity contribution is 7.17. The molecular formula is C24H25ClFN3O4S. The molecule has 3 aliphatic rings. The summed E-state index contributed by atoms with van der Waals surface area (Å²) in [7, 11) is 0. The van der Waals surface area contributed by atoms with E-state index >= 15 is 0 Å². The molecule has 4 atom stereocenters. The molecule has 0 spiro atoms. The van der Waals surface area contributed by atoms with Gasteiger partial charge in [0, 0.05) is 23.2 Å². The van der Waals surface area contributed by atoms with Gasteiger partial charge in [-0.15, -0.1) is 22.9 Å². The fourth-order valence-electron chi connectivity index (χ4n) is 5.24. The van der Waals surface area contributed by atoms with Crippen LogP contribution in [-0.4, -0.2) is 64.2 Å². The van der Waals surface area contributed by atoms with Gasteiger partial charge >= 0.3 is 0 Å². The van der Waals surface area contributed by atoms with E-state index in [1.807, 2.05) is 0 Å². The molecule has 10 heteroatoms. The van der Waals surface area contributed by atoms with Crippen molar-refractivity contribution in [2.24, 2.45) is 5.92 Å². The molecule has 1 aliphatic carbocycles. The maximum absolute atomic E-state index is 14.1. The van der Waals surface area contributed by atoms with Crippen LogP contribution in [0.15, 0.2) is 30.6 Å². The molecule has 34 heavy (non-hydrogen) atoms. The Labute approximate surface area is 205 Å². The van der Waals surface area contributed by atoms with E-state index in [9.17, 15) is 18.8 Å². The van der Waals surface area contributed by atoms with Gasteiger partial charge in [-0.2, -0.15) is 0 Å². The molecule has 0 bridgehead atoms. The first kappa shape index (κ1) is 23.4. The molecule has 4 heterocycles. The lowest BCUT2D eigenvalue weighted by atomic mass is 9.83. The third-order valence-electron chi connectivity index (χ3n) is 6.95. The van der Waals surface area contributed by atoms with Crippen LogP contribution in [0.25, 0.3) is 10.4 Å². The number of aromatic nitrogens is 1. The molecule has 2 amide bonds. The third-order valence-corrected chi connectivity index (χ3v) is 8.45. The lowest BCUT2D eigenvalue weighted by Crippen LogP contribution is -2.55. The summed E-state index contributed by atoms with van der Waals surface area (Å²) >= 11 is 7.55. The number of fused-ring (bicyclic) bond motifs is 1. The summed E-state index contributed by atoms with van der Waals surface area (Å²) < 4.78 is 19.6. The summed E-state index contributed by atoms with van der Waals surface area (Å²) in [6.45, 7) is 0.164. The Morgan fingerprint density at radius 1 is 1.24 bits per heavy atom. The number of hydrogen-bond donors (Lipinski definition) is 1. The normalized spacial score (nSPS) is 25.9. The Morgan fingerprint density at radius 2 is 2.03 bits per heavy atom. The van der Waals surface area contributed by atoms with Crippen LogP contribution < -0.4 is 5.32 Å². The van der Waals surface area contributed by atoms with Crippen molar-refractivity contribution in [2.75, 3.05) is 13.2 Å². The number of carbonyl (C=O) groups is 3. The lowest BCUT2D eigenvalue weighted by Gasteiger charge is -2.34. The van der Waals surface area contributed by atoms with Crippen LogP contribution in [0, 0.1) is 11.7 Å². The minimum absolute atomic E-state index is 0.0208. The molecule has 2 saturated heterocycles. The lowest BCUT2D eigenvalue weighted by molar-refractivity contribution is -0.139. The summed E-state index contributed by atoms with van der Waals surface area (Å²) in [6, 6.07) is 3.43. The maximum atomic E-state index is 14.1. The summed E-state index contributed by atoms with van der Waals surface area (Å²) in [6.07, 6.45) is 6.85. The van der Waals surface area contributed by atoms with Crippen LogP contribution in [-0.2, 0) is 14.3 Å². The number of nitrogens with zero attached hydrogens (tertiary/aromatic N) is 2. The molecule has 0 aromatic carbocycles. The van der Waals surface area contributed by atoms with E-state index in [0.717, 1.165) is 49.6 Å². The maximum Gasteiger partial charge on any atom is 0.262 e. The zero-order chi connectivity index (χ0) is 23.8. The minimum Gasteiger partial charge on any atom is -0.366 e. The molecule has 1 unspecified atom stereocenters. The number of ether oxygens (including phenoxy) is 1. The minimum atomic E-state index is -0.757. The number of alkyl halides is 1. The predicted octanol–water partition coefficient (Wildman–Crippen LogP) is 3.41. The SMILES string of the molecule is O=C(NC(C(=O)N1C[C@H](Cl)[C@H]2OCC(=O)[C@H]21)C1CCCCC1)c1ccc(-c2ccncc2F)s1. The number of carbonyl (C=O) groups excluding carboxylic acids is 3. The molecule has 2 aromatic rings. The number of hydrogen-bond acceptors (Lipinski definition) is 6. The predicted molar refractivity (Wildman–Crippen MR) is 125 cm³/mol. The van der Waals surface area contributed by atoms with Gasteiger partial charge < -0.3 is 15.0 Å². The van der Waals surface area contributed by atoms with Crippen molar-refractivity contribution in [3.05, 3.63) is 41.3 Å². The van der Waals surface area contributed by atoms with E-state index in [4.69, 9.17) is 16.3 Å². The zero-order valence-corrected chi connectivity index (χ0v) is 20.0. The Hall–Kier alpha value is -2.36. The summed E-state index contributed by atoms with van der Waals surface area (Å²) in [5.41, 5.74) is 0.370. The summed E-state index contributed by atoms with van der Waals surface area (Å²) in [4.78, 5) is 45.6. The van der Waals surface area contributed by atoms with E-state index < -0.39 is 29.4 Å². The third kappa shape index (κ3) is 4.36. The largest absolute Gasteiger partial charge is 0.366 e. The molecule has 5 rings (SSSR count). The number of Topliss-reactive ketones (excluding diaryl/α,β-unsaturated/α-hetero) is 1. The highest BCUT2D eigenvalue weighted by Crippen LogP contribution is 2.34. The number of likely N-dealkylation sites (tertiary alicyclic amines) is 1. The fourth-order valence-corrected chi connectivity index (χ4v) is 6.54. The van der Waals surface area contributed by atoms with Crippen molar-refractivity contribution in [3.63, 3.8) is 0 Å². The average molecular weight is 506 g/mol. The Morgan fingerprint density at radius 3 is 2.79 bits per heavy atom. The van der Waals surface area contributed by atoms with Gasteiger partial charge in [0.25, 0.3) is 5.91 Å². The average Bonchev–Trinajstić information content (AvgIpc) is 3.56. The van der Waals surface area contributed by atoms with Crippen LogP contribution in [0.3, 0.4) is 0 Å². The molecule has 0 radical (unpaired) electrons. The number of amides is 2. The molecule has 3 fully saturated rings. The van der Waals surface area contributed by atoms with E-state index in [0.29, 0.717) is 15.3 Å². The first-order valence-corrected chi connectivity index (χ1v) is 12.8. The molecule has 7 nitrogen and oxygen atoms in total. The van der Waals surface area contributed by atoms with E-state index in [1.165, 1.54) is 11.1 Å². The van der Waals surface area contributed by atoms with Crippen LogP contribution >= 0.6 is 22.9 Å². The van der Waals surface area contributed by atoms with Gasteiger partial charge in [0.1, 0.15) is 30.6 Å². The molecule has 2 aliphatic heterocycles. The highest BCUT2D eigenvalue weighted by atomic mass is 35.5. The monoisotopic (exact) mass is 505 g/mol. The first-order valence-electron chi connectivity index (χ1n) is 11.5. The zero-order valence-electron chi connectivity index (χ0n) is 18.4. The number of rotatable bonds is 5. The highest BCUT2D eigenvalue weighted by Gasteiger charge is 2.53. The standard InChI is InChI=1S/C24H25ClFN3O4S/c25-15-11-29(21-17(30)12-33-22(15)21)24(32)20(13-4-2-1-3-5-13)28-23(31)19-7-6-18(34-19)14-8-9-27-10-16(14)26/h6-10,13,15,20-22H,1-5,11-12H2,(H,28,31)/t15-,20?,21+,22+/m0/s1. The molecule has 1 N–H and O–H groups in total. The summed E-state index contributed by atoms with van der Waals surface area (Å²) in [5.74, 6) is -1.31. The van der Waals surface area contributed by atoms with Crippen molar-refractivity contribution >= 4 is 40.5 Å². The quantitative estimate of drug-likeness (QED) is 0.629. The number of ketones is 1. The van der Waals surface area contributed by atoms with Gasteiger partial charge in [-0.3, -0.25) is 19.4 Å². The fraction of sp³-hybridized carbons (Fsp3) is 0.500. The number of pyridine rings is 1. The van der Waals surface area contributed by atoms with Crippen molar-refractivity contribution < 1.29 is 23.5 Å². The van der Waals surface area contributed by atoms with Gasteiger partial charge in [-0.25, -0.2) is 4.39 Å². The smallest absolute Gasteiger partial charge is 0.262 e. The van der Waals surface area contributed by atoms with Crippen LogP contribution in [0.5, 0.6) is 0 Å². The van der Waals surface area contributed by atoms with Gasteiger partial charge in [0.15, 0.2) is 5.78 Å². The Kier molecular flexibility index (Phi) is 6.68. The van der Waals surface area contributed by atoms with Gasteiger partial charge in [-0.05, 0) is 37.0 Å². The second-order valence-corrected chi connectivity index (χ2v) is 10.7. The second kappa shape index (κ2) is 9.71. The summed E-state index contributed by atoms with van der Waals surface area (Å²) in [5, 5.41) is 2.49. The molecule has 2 aromatic heterocycles. The van der Waals surface area contributed by atoms with Crippen LogP contribution in [0.2, 0.25) is 0 Å². The van der Waals surface area contributed by atoms with Gasteiger partial charge in [0.05, 0.1) is 16.5 Å². The van der Waals surface area contributed by atoms with E-state index in [1.54, 1.807) is 18.2 Å². The van der Waals surface area contributed by atoms with Crippen LogP contribution in [0.1, 0.15) is 41.8 Å². The van der Waals surface area contributed by atoms with Crippen molar-refractivity contribution in [1.82, 2.24) is 15.2 Å². The molecule has 180 valence electrons. The Bertz CT molecular complexity index is 1110. The Balaban J connectivity index is 1.38. The van der Waals surface area contributed by atoms with Crippen molar-refractivity contribution in [2.45, 2.75) is 55.7 Å². The number of nitrogens with one attached hydrogen (secondary N) is 1. The van der Waals surface area contributed by atoms with Crippen molar-refractivity contribution in [3.8, 4) is 10.4 Å². The topological polar surface area (TPSA) is 88.6 Å².